The van der Waals surface area contributed by atoms with Crippen molar-refractivity contribution in [2.75, 3.05) is 0 Å². The van der Waals surface area contributed by atoms with Gasteiger partial charge in [0.05, 0.1) is 21.7 Å². The molecule has 0 unspecified atom stereocenters. The highest BCUT2D eigenvalue weighted by molar-refractivity contribution is 6.35. The minimum atomic E-state index is -1.55. The first-order valence-corrected chi connectivity index (χ1v) is 4.68. The molecule has 0 fully saturated rings. The molecule has 6 nitrogen and oxygen atoms in total. The molecule has 0 radical (unpaired) electrons. The molecule has 0 bridgehead atoms. The maximum absolute atomic E-state index is 10.9. The van der Waals surface area contributed by atoms with E-state index in [9.17, 15) is 14.4 Å². The first-order valence-electron chi connectivity index (χ1n) is 4.30. The topological polar surface area (TPSA) is 112 Å². The number of benzene rings is 1. The molecule has 1 aromatic carbocycles. The molecule has 17 heavy (non-hydrogen) atoms. The summed E-state index contributed by atoms with van der Waals surface area (Å²) in [5.41, 5.74) is -1.58. The Hall–Kier alpha value is -2.08. The first kappa shape index (κ1) is 13.0. The molecule has 0 aromatic heterocycles. The average Bonchev–Trinajstić information content (AvgIpc) is 2.19. The third-order valence-corrected chi connectivity index (χ3v) is 2.66. The molecule has 0 spiro atoms. The van der Waals surface area contributed by atoms with Crippen molar-refractivity contribution >= 4 is 29.5 Å². The van der Waals surface area contributed by atoms with Crippen LogP contribution in [0.25, 0.3) is 0 Å². The van der Waals surface area contributed by atoms with E-state index in [2.05, 4.69) is 0 Å². The van der Waals surface area contributed by atoms with Gasteiger partial charge in [-0.25, -0.2) is 14.4 Å². The second-order valence-corrected chi connectivity index (χ2v) is 3.58. The minimum Gasteiger partial charge on any atom is -0.478 e. The molecule has 90 valence electrons. The van der Waals surface area contributed by atoms with Crippen molar-refractivity contribution in [1.29, 1.82) is 0 Å². The molecule has 1 aromatic rings. The summed E-state index contributed by atoms with van der Waals surface area (Å²) in [4.78, 5) is 32.6. The van der Waals surface area contributed by atoms with Gasteiger partial charge in [-0.3, -0.25) is 0 Å². The summed E-state index contributed by atoms with van der Waals surface area (Å²) in [7, 11) is 0. The zero-order valence-electron chi connectivity index (χ0n) is 8.52. The van der Waals surface area contributed by atoms with E-state index in [4.69, 9.17) is 26.9 Å². The van der Waals surface area contributed by atoms with E-state index in [1.165, 1.54) is 6.92 Å². The third-order valence-electron chi connectivity index (χ3n) is 2.19. The van der Waals surface area contributed by atoms with Crippen molar-refractivity contribution in [3.05, 3.63) is 33.3 Å². The Balaban J connectivity index is 3.75. The summed E-state index contributed by atoms with van der Waals surface area (Å²) in [6.07, 6.45) is 0. The Labute approximate surface area is 100 Å². The molecule has 7 heteroatoms. The van der Waals surface area contributed by atoms with E-state index < -0.39 is 29.0 Å². The van der Waals surface area contributed by atoms with Crippen LogP contribution in [0, 0.1) is 6.92 Å². The normalized spacial score (nSPS) is 10.0. The smallest absolute Gasteiger partial charge is 0.338 e. The third kappa shape index (κ3) is 2.21. The number of hydrogen-bond donors (Lipinski definition) is 3. The van der Waals surface area contributed by atoms with Crippen LogP contribution in [0.15, 0.2) is 6.07 Å². The van der Waals surface area contributed by atoms with Crippen molar-refractivity contribution in [2.45, 2.75) is 6.92 Å². The predicted molar refractivity (Wildman–Crippen MR) is 57.1 cm³/mol. The number of carbonyl (C=O) groups is 3. The largest absolute Gasteiger partial charge is 0.478 e. The fourth-order valence-corrected chi connectivity index (χ4v) is 1.63. The molecule has 0 saturated carbocycles. The van der Waals surface area contributed by atoms with Gasteiger partial charge in [0.25, 0.3) is 0 Å². The summed E-state index contributed by atoms with van der Waals surface area (Å²) in [5.74, 6) is -4.44. The van der Waals surface area contributed by atoms with Crippen LogP contribution in [0.2, 0.25) is 5.02 Å². The minimum absolute atomic E-state index is 0.0153. The summed E-state index contributed by atoms with van der Waals surface area (Å²) >= 11 is 5.68. The van der Waals surface area contributed by atoms with Gasteiger partial charge in [-0.2, -0.15) is 0 Å². The average molecular weight is 259 g/mol. The van der Waals surface area contributed by atoms with Crippen molar-refractivity contribution in [2.24, 2.45) is 0 Å². The maximum atomic E-state index is 10.9. The summed E-state index contributed by atoms with van der Waals surface area (Å²) in [6.45, 7) is 1.31. The van der Waals surface area contributed by atoms with E-state index in [-0.39, 0.29) is 16.1 Å². The fraction of sp³-hybridized carbons (Fsp3) is 0.100. The predicted octanol–water partition coefficient (Wildman–Crippen LogP) is 1.74. The molecular weight excluding hydrogens is 252 g/mol. The number of rotatable bonds is 3. The standard InChI is InChI=1S/C10H7ClO6/c1-3-4(8(12)13)2-5(9(14)15)6(7(3)11)10(16)17/h2H,1H3,(H,12,13)(H,14,15)(H,16,17). The Kier molecular flexibility index (Phi) is 3.38. The number of carboxylic acids is 3. The molecule has 0 aliphatic heterocycles. The van der Waals surface area contributed by atoms with Gasteiger partial charge >= 0.3 is 17.9 Å². The van der Waals surface area contributed by atoms with Crippen molar-refractivity contribution in [3.63, 3.8) is 0 Å². The van der Waals surface area contributed by atoms with Gasteiger partial charge in [0.2, 0.25) is 0 Å². The zero-order valence-corrected chi connectivity index (χ0v) is 9.28. The molecule has 0 heterocycles. The monoisotopic (exact) mass is 258 g/mol. The summed E-state index contributed by atoms with van der Waals surface area (Å²) in [6, 6.07) is 0.787. The maximum Gasteiger partial charge on any atom is 0.338 e. The number of carboxylic acid groups (broad SMARTS) is 3. The van der Waals surface area contributed by atoms with Gasteiger partial charge < -0.3 is 15.3 Å². The number of halogens is 1. The zero-order chi connectivity index (χ0) is 13.3. The second kappa shape index (κ2) is 4.42. The van der Waals surface area contributed by atoms with Gasteiger partial charge in [-0.15, -0.1) is 0 Å². The van der Waals surface area contributed by atoms with Gasteiger partial charge in [0.1, 0.15) is 0 Å². The summed E-state index contributed by atoms with van der Waals surface area (Å²) < 4.78 is 0. The molecular formula is C10H7ClO6. The Morgan fingerprint density at radius 1 is 1.00 bits per heavy atom. The van der Waals surface area contributed by atoms with Crippen molar-refractivity contribution < 1.29 is 29.7 Å². The van der Waals surface area contributed by atoms with Crippen LogP contribution in [0.1, 0.15) is 36.6 Å². The van der Waals surface area contributed by atoms with E-state index >= 15 is 0 Å². The lowest BCUT2D eigenvalue weighted by atomic mass is 9.99. The first-order chi connectivity index (χ1) is 7.77. The van der Waals surface area contributed by atoms with Crippen LogP contribution in [0.4, 0.5) is 0 Å². The summed E-state index contributed by atoms with van der Waals surface area (Å²) in [5, 5.41) is 26.1. The van der Waals surface area contributed by atoms with Crippen LogP contribution in [-0.2, 0) is 0 Å². The Morgan fingerprint density at radius 3 is 1.82 bits per heavy atom. The molecule has 0 amide bonds. The van der Waals surface area contributed by atoms with Crippen molar-refractivity contribution in [1.82, 2.24) is 0 Å². The molecule has 0 saturated heterocycles. The van der Waals surface area contributed by atoms with Crippen LogP contribution in [-0.4, -0.2) is 33.2 Å². The molecule has 0 aliphatic carbocycles. The Morgan fingerprint density at radius 2 is 1.47 bits per heavy atom. The SMILES string of the molecule is Cc1c(C(=O)O)cc(C(=O)O)c(C(=O)O)c1Cl. The lowest BCUT2D eigenvalue weighted by Gasteiger charge is -2.09. The van der Waals surface area contributed by atoms with Gasteiger partial charge in [-0.05, 0) is 18.6 Å². The fourth-order valence-electron chi connectivity index (χ4n) is 1.35. The molecule has 0 atom stereocenters. The highest BCUT2D eigenvalue weighted by Gasteiger charge is 2.25. The highest BCUT2D eigenvalue weighted by Crippen LogP contribution is 2.28. The van der Waals surface area contributed by atoms with Gasteiger partial charge in [-0.1, -0.05) is 11.6 Å². The van der Waals surface area contributed by atoms with Crippen LogP contribution >= 0.6 is 11.6 Å². The molecule has 3 N–H and O–H groups in total. The van der Waals surface area contributed by atoms with E-state index in [1.807, 2.05) is 0 Å². The van der Waals surface area contributed by atoms with E-state index in [0.29, 0.717) is 0 Å². The number of aromatic carboxylic acids is 3. The van der Waals surface area contributed by atoms with E-state index in [0.717, 1.165) is 6.07 Å². The van der Waals surface area contributed by atoms with E-state index in [1.54, 1.807) is 0 Å². The highest BCUT2D eigenvalue weighted by atomic mass is 35.5. The van der Waals surface area contributed by atoms with Crippen LogP contribution in [0.3, 0.4) is 0 Å². The Bertz CT molecular complexity index is 534. The quantitative estimate of drug-likeness (QED) is 0.761. The van der Waals surface area contributed by atoms with Crippen LogP contribution < -0.4 is 0 Å². The van der Waals surface area contributed by atoms with Gasteiger partial charge in [0, 0.05) is 0 Å². The lowest BCUT2D eigenvalue weighted by molar-refractivity contribution is 0.0649. The number of hydrogen-bond acceptors (Lipinski definition) is 3. The molecule has 1 rings (SSSR count). The molecule has 0 aliphatic rings. The van der Waals surface area contributed by atoms with Crippen LogP contribution in [0.5, 0.6) is 0 Å². The van der Waals surface area contributed by atoms with Crippen molar-refractivity contribution in [3.8, 4) is 0 Å². The second-order valence-electron chi connectivity index (χ2n) is 3.20. The lowest BCUT2D eigenvalue weighted by Crippen LogP contribution is -2.13. The van der Waals surface area contributed by atoms with Gasteiger partial charge in [0.15, 0.2) is 0 Å².